The molecule has 4 heteroatoms. The lowest BCUT2D eigenvalue weighted by Crippen LogP contribution is -2.30. The molecule has 1 fully saturated rings. The summed E-state index contributed by atoms with van der Waals surface area (Å²) in [5.41, 5.74) is 0. The molecule has 1 heterocycles. The minimum absolute atomic E-state index is 0.0320. The molecule has 1 aromatic rings. The molecule has 0 spiro atoms. The Labute approximate surface area is 106 Å². The van der Waals surface area contributed by atoms with Crippen LogP contribution >= 0.6 is 11.8 Å². The Kier molecular flexibility index (Phi) is 4.31. The maximum atomic E-state index is 11.8. The van der Waals surface area contributed by atoms with Crippen molar-refractivity contribution in [3.8, 4) is 5.75 Å². The molecule has 0 bridgehead atoms. The monoisotopic (exact) mass is 251 g/mol. The summed E-state index contributed by atoms with van der Waals surface area (Å²) in [6.07, 6.45) is 3.15. The van der Waals surface area contributed by atoms with Gasteiger partial charge in [0.2, 0.25) is 5.91 Å². The summed E-state index contributed by atoms with van der Waals surface area (Å²) in [5, 5.41) is 2.98. The number of benzene rings is 1. The van der Waals surface area contributed by atoms with E-state index in [1.54, 1.807) is 18.9 Å². The summed E-state index contributed by atoms with van der Waals surface area (Å²) in [5.74, 6) is 0.999. The molecule has 0 saturated carbocycles. The second-order valence-electron chi connectivity index (χ2n) is 4.07. The maximum Gasteiger partial charge on any atom is 0.233 e. The predicted molar refractivity (Wildman–Crippen MR) is 69.5 cm³/mol. The number of amides is 1. The minimum Gasteiger partial charge on any atom is -0.497 e. The fraction of sp³-hybridized carbons (Fsp3) is 0.462. The summed E-state index contributed by atoms with van der Waals surface area (Å²) in [6, 6.07) is 7.86. The zero-order valence-corrected chi connectivity index (χ0v) is 10.8. The molecule has 17 heavy (non-hydrogen) atoms. The fourth-order valence-electron chi connectivity index (χ4n) is 1.86. The summed E-state index contributed by atoms with van der Waals surface area (Å²) in [7, 11) is 1.65. The number of rotatable bonds is 3. The highest BCUT2D eigenvalue weighted by Crippen LogP contribution is 2.30. The van der Waals surface area contributed by atoms with Crippen molar-refractivity contribution in [2.45, 2.75) is 29.4 Å². The standard InChI is InChI=1S/C13H17NO2S/c1-16-10-5-4-6-11(9-10)17-12-7-2-3-8-14-13(12)15/h4-6,9,12H,2-3,7-8H2,1H3,(H,14,15)/t12-/m0/s1. The zero-order valence-electron chi connectivity index (χ0n) is 9.94. The molecule has 92 valence electrons. The lowest BCUT2D eigenvalue weighted by molar-refractivity contribution is -0.120. The molecule has 0 aromatic heterocycles. The van der Waals surface area contributed by atoms with E-state index < -0.39 is 0 Å². The van der Waals surface area contributed by atoms with E-state index in [-0.39, 0.29) is 11.2 Å². The van der Waals surface area contributed by atoms with Crippen LogP contribution in [-0.2, 0) is 4.79 Å². The number of hydrogen-bond donors (Lipinski definition) is 1. The normalized spacial score (nSPS) is 20.5. The number of carbonyl (C=O) groups excluding carboxylic acids is 1. The lowest BCUT2D eigenvalue weighted by atomic mass is 10.2. The van der Waals surface area contributed by atoms with E-state index in [0.717, 1.165) is 36.5 Å². The number of ether oxygens (including phenoxy) is 1. The number of thioether (sulfide) groups is 1. The Hall–Kier alpha value is -1.16. The molecular weight excluding hydrogens is 234 g/mol. The van der Waals surface area contributed by atoms with Crippen LogP contribution in [0.15, 0.2) is 29.2 Å². The Morgan fingerprint density at radius 1 is 1.41 bits per heavy atom. The van der Waals surface area contributed by atoms with E-state index in [0.29, 0.717) is 0 Å². The van der Waals surface area contributed by atoms with Crippen molar-refractivity contribution in [2.24, 2.45) is 0 Å². The van der Waals surface area contributed by atoms with Gasteiger partial charge in [-0.3, -0.25) is 4.79 Å². The molecule has 2 rings (SSSR count). The van der Waals surface area contributed by atoms with Gasteiger partial charge in [-0.25, -0.2) is 0 Å². The van der Waals surface area contributed by atoms with Gasteiger partial charge in [0.15, 0.2) is 0 Å². The van der Waals surface area contributed by atoms with E-state index >= 15 is 0 Å². The number of methoxy groups -OCH3 is 1. The largest absolute Gasteiger partial charge is 0.497 e. The van der Waals surface area contributed by atoms with Crippen molar-refractivity contribution in [1.29, 1.82) is 0 Å². The highest BCUT2D eigenvalue weighted by Gasteiger charge is 2.21. The van der Waals surface area contributed by atoms with Gasteiger partial charge in [-0.1, -0.05) is 12.5 Å². The Balaban J connectivity index is 2.05. The molecule has 1 aromatic carbocycles. The van der Waals surface area contributed by atoms with Gasteiger partial charge in [0.1, 0.15) is 5.75 Å². The van der Waals surface area contributed by atoms with Gasteiger partial charge < -0.3 is 10.1 Å². The predicted octanol–water partition coefficient (Wildman–Crippen LogP) is 2.46. The van der Waals surface area contributed by atoms with E-state index in [4.69, 9.17) is 4.74 Å². The first kappa shape index (κ1) is 12.3. The number of nitrogens with one attached hydrogen (secondary N) is 1. The summed E-state index contributed by atoms with van der Waals surface area (Å²) < 4.78 is 5.18. The van der Waals surface area contributed by atoms with Gasteiger partial charge in [0.05, 0.1) is 12.4 Å². The van der Waals surface area contributed by atoms with Crippen LogP contribution in [0.25, 0.3) is 0 Å². The van der Waals surface area contributed by atoms with Crippen LogP contribution in [0.4, 0.5) is 0 Å². The summed E-state index contributed by atoms with van der Waals surface area (Å²) in [6.45, 7) is 0.813. The second-order valence-corrected chi connectivity index (χ2v) is 5.35. The van der Waals surface area contributed by atoms with Gasteiger partial charge in [-0.15, -0.1) is 11.8 Å². The lowest BCUT2D eigenvalue weighted by Gasteiger charge is -2.13. The molecule has 1 amide bonds. The molecule has 0 radical (unpaired) electrons. The average molecular weight is 251 g/mol. The van der Waals surface area contributed by atoms with Crippen LogP contribution in [0.2, 0.25) is 0 Å². The van der Waals surface area contributed by atoms with Crippen molar-refractivity contribution >= 4 is 17.7 Å². The molecular formula is C13H17NO2S. The van der Waals surface area contributed by atoms with Crippen LogP contribution in [0.5, 0.6) is 5.75 Å². The van der Waals surface area contributed by atoms with Gasteiger partial charge in [0, 0.05) is 11.4 Å². The average Bonchev–Trinajstić information content (AvgIpc) is 2.55. The van der Waals surface area contributed by atoms with Crippen molar-refractivity contribution in [3.63, 3.8) is 0 Å². The second kappa shape index (κ2) is 5.96. The Bertz CT molecular complexity index is 395. The third-order valence-corrected chi connectivity index (χ3v) is 4.06. The Morgan fingerprint density at radius 2 is 2.29 bits per heavy atom. The van der Waals surface area contributed by atoms with E-state index in [2.05, 4.69) is 5.32 Å². The topological polar surface area (TPSA) is 38.3 Å². The van der Waals surface area contributed by atoms with Crippen molar-refractivity contribution in [2.75, 3.05) is 13.7 Å². The summed E-state index contributed by atoms with van der Waals surface area (Å²) in [4.78, 5) is 12.9. The minimum atomic E-state index is 0.0320. The van der Waals surface area contributed by atoms with Crippen LogP contribution in [0.3, 0.4) is 0 Å². The summed E-state index contributed by atoms with van der Waals surface area (Å²) >= 11 is 1.62. The first-order chi connectivity index (χ1) is 8.29. The van der Waals surface area contributed by atoms with Crippen molar-refractivity contribution in [1.82, 2.24) is 5.32 Å². The third kappa shape index (κ3) is 3.40. The number of hydrogen-bond acceptors (Lipinski definition) is 3. The van der Waals surface area contributed by atoms with Crippen LogP contribution in [-0.4, -0.2) is 24.8 Å². The quantitative estimate of drug-likeness (QED) is 0.896. The van der Waals surface area contributed by atoms with Gasteiger partial charge in [0.25, 0.3) is 0 Å². The molecule has 1 saturated heterocycles. The third-order valence-electron chi connectivity index (χ3n) is 2.80. The van der Waals surface area contributed by atoms with Gasteiger partial charge in [-0.2, -0.15) is 0 Å². The molecule has 3 nitrogen and oxygen atoms in total. The van der Waals surface area contributed by atoms with Crippen LogP contribution in [0, 0.1) is 0 Å². The van der Waals surface area contributed by atoms with Gasteiger partial charge in [-0.05, 0) is 31.0 Å². The molecule has 1 aliphatic rings. The first-order valence-electron chi connectivity index (χ1n) is 5.88. The number of carbonyl (C=O) groups is 1. The molecule has 0 aliphatic carbocycles. The maximum absolute atomic E-state index is 11.8. The molecule has 1 atom stereocenters. The smallest absolute Gasteiger partial charge is 0.233 e. The van der Waals surface area contributed by atoms with Crippen LogP contribution < -0.4 is 10.1 Å². The van der Waals surface area contributed by atoms with Crippen molar-refractivity contribution in [3.05, 3.63) is 24.3 Å². The van der Waals surface area contributed by atoms with E-state index in [9.17, 15) is 4.79 Å². The molecule has 0 unspecified atom stereocenters. The van der Waals surface area contributed by atoms with E-state index in [1.165, 1.54) is 0 Å². The Morgan fingerprint density at radius 3 is 3.12 bits per heavy atom. The van der Waals surface area contributed by atoms with Crippen molar-refractivity contribution < 1.29 is 9.53 Å². The van der Waals surface area contributed by atoms with Crippen LogP contribution in [0.1, 0.15) is 19.3 Å². The highest BCUT2D eigenvalue weighted by molar-refractivity contribution is 8.00. The fourth-order valence-corrected chi connectivity index (χ4v) is 3.01. The highest BCUT2D eigenvalue weighted by atomic mass is 32.2. The SMILES string of the molecule is COc1cccc(S[C@H]2CCCCNC2=O)c1. The van der Waals surface area contributed by atoms with E-state index in [1.807, 2.05) is 24.3 Å². The zero-order chi connectivity index (χ0) is 12.1. The first-order valence-corrected chi connectivity index (χ1v) is 6.76. The molecule has 1 N–H and O–H groups in total. The van der Waals surface area contributed by atoms with Gasteiger partial charge >= 0.3 is 0 Å². The molecule has 1 aliphatic heterocycles.